The predicted molar refractivity (Wildman–Crippen MR) is 75.4 cm³/mol. The van der Waals surface area contributed by atoms with Crippen molar-refractivity contribution in [3.05, 3.63) is 35.0 Å². The number of hydrogen-bond acceptors (Lipinski definition) is 3. The number of furan rings is 1. The van der Waals surface area contributed by atoms with Gasteiger partial charge in [0.15, 0.2) is 0 Å². The van der Waals surface area contributed by atoms with Gasteiger partial charge in [-0.3, -0.25) is 4.79 Å². The van der Waals surface area contributed by atoms with Gasteiger partial charge in [0.2, 0.25) is 0 Å². The summed E-state index contributed by atoms with van der Waals surface area (Å²) in [6.07, 6.45) is 5.07. The van der Waals surface area contributed by atoms with E-state index in [0.717, 1.165) is 53.9 Å². The Hall–Kier alpha value is -1.48. The van der Waals surface area contributed by atoms with E-state index in [0.29, 0.717) is 13.1 Å². The largest absolute Gasteiger partial charge is 0.468 e. The zero-order valence-electron chi connectivity index (χ0n) is 10.7. The number of carbonyl (C=O) groups excluding carboxylic acids is 1. The second-order valence-electron chi connectivity index (χ2n) is 4.50. The lowest BCUT2D eigenvalue weighted by Crippen LogP contribution is -1.91. The monoisotopic (exact) mass is 280 g/mol. The SMILES string of the molecule is O=COCCCCCCc1cc2c(Cl)cccc2o1. The van der Waals surface area contributed by atoms with Crippen molar-refractivity contribution in [2.75, 3.05) is 6.61 Å². The van der Waals surface area contributed by atoms with Gasteiger partial charge in [0.1, 0.15) is 11.3 Å². The number of halogens is 1. The van der Waals surface area contributed by atoms with Gasteiger partial charge in [-0.05, 0) is 31.0 Å². The standard InChI is InChI=1S/C15H17ClO3/c16-14-7-5-8-15-13(14)10-12(19-15)6-3-1-2-4-9-18-11-17/h5,7-8,10-11H,1-4,6,9H2. The Morgan fingerprint density at radius 2 is 2.05 bits per heavy atom. The zero-order valence-corrected chi connectivity index (χ0v) is 11.5. The molecule has 0 N–H and O–H groups in total. The molecule has 0 aliphatic heterocycles. The van der Waals surface area contributed by atoms with E-state index in [9.17, 15) is 4.79 Å². The number of benzene rings is 1. The summed E-state index contributed by atoms with van der Waals surface area (Å²) in [5.41, 5.74) is 0.849. The lowest BCUT2D eigenvalue weighted by Gasteiger charge is -1.99. The van der Waals surface area contributed by atoms with Crippen molar-refractivity contribution in [2.45, 2.75) is 32.1 Å². The van der Waals surface area contributed by atoms with Crippen LogP contribution < -0.4 is 0 Å². The molecule has 0 saturated carbocycles. The first kappa shape index (κ1) is 13.9. The third-order valence-corrected chi connectivity index (χ3v) is 3.39. The summed E-state index contributed by atoms with van der Waals surface area (Å²) in [5.74, 6) is 0.979. The molecule has 0 atom stereocenters. The fraction of sp³-hybridized carbons (Fsp3) is 0.400. The van der Waals surface area contributed by atoms with Gasteiger partial charge in [-0.1, -0.05) is 30.5 Å². The van der Waals surface area contributed by atoms with Gasteiger partial charge in [-0.25, -0.2) is 0 Å². The Balaban J connectivity index is 1.76. The lowest BCUT2D eigenvalue weighted by molar-refractivity contribution is -0.128. The fourth-order valence-electron chi connectivity index (χ4n) is 2.09. The number of hydrogen-bond donors (Lipinski definition) is 0. The summed E-state index contributed by atoms with van der Waals surface area (Å²) in [6.45, 7) is 1.02. The third kappa shape index (κ3) is 4.00. The third-order valence-electron chi connectivity index (χ3n) is 3.06. The van der Waals surface area contributed by atoms with Gasteiger partial charge in [0, 0.05) is 11.8 Å². The van der Waals surface area contributed by atoms with E-state index in [1.54, 1.807) is 0 Å². The molecule has 0 radical (unpaired) electrons. The number of fused-ring (bicyclic) bond motifs is 1. The fourth-order valence-corrected chi connectivity index (χ4v) is 2.31. The Labute approximate surface area is 117 Å². The number of unbranched alkanes of at least 4 members (excludes halogenated alkanes) is 3. The first-order valence-corrected chi connectivity index (χ1v) is 6.91. The minimum absolute atomic E-state index is 0.498. The zero-order chi connectivity index (χ0) is 13.5. The molecule has 0 unspecified atom stereocenters. The molecule has 19 heavy (non-hydrogen) atoms. The van der Waals surface area contributed by atoms with E-state index in [2.05, 4.69) is 4.74 Å². The molecule has 0 fully saturated rings. The second kappa shape index (κ2) is 7.19. The van der Waals surface area contributed by atoms with Crippen molar-refractivity contribution >= 4 is 29.0 Å². The number of ether oxygens (including phenoxy) is 1. The molecule has 2 aromatic rings. The Bertz CT molecular complexity index is 533. The quantitative estimate of drug-likeness (QED) is 0.533. The van der Waals surface area contributed by atoms with Crippen molar-refractivity contribution in [1.82, 2.24) is 0 Å². The summed E-state index contributed by atoms with van der Waals surface area (Å²) in [5, 5.41) is 1.72. The second-order valence-corrected chi connectivity index (χ2v) is 4.90. The molecule has 0 saturated heterocycles. The van der Waals surface area contributed by atoms with E-state index >= 15 is 0 Å². The number of rotatable bonds is 8. The summed E-state index contributed by atoms with van der Waals surface area (Å²) in [7, 11) is 0. The average molecular weight is 281 g/mol. The highest BCUT2D eigenvalue weighted by molar-refractivity contribution is 6.35. The van der Waals surface area contributed by atoms with Crippen LogP contribution in [0.25, 0.3) is 11.0 Å². The minimum atomic E-state index is 0.498. The van der Waals surface area contributed by atoms with E-state index in [-0.39, 0.29) is 0 Å². The molecule has 2 rings (SSSR count). The first-order valence-electron chi connectivity index (χ1n) is 6.53. The summed E-state index contributed by atoms with van der Waals surface area (Å²) in [4.78, 5) is 9.95. The molecule has 0 aliphatic rings. The van der Waals surface area contributed by atoms with Crippen molar-refractivity contribution in [3.8, 4) is 0 Å². The van der Waals surface area contributed by atoms with E-state index < -0.39 is 0 Å². The minimum Gasteiger partial charge on any atom is -0.468 e. The summed E-state index contributed by atoms with van der Waals surface area (Å²) in [6, 6.07) is 7.72. The van der Waals surface area contributed by atoms with Crippen LogP contribution in [0.3, 0.4) is 0 Å². The molecular formula is C15H17ClO3. The van der Waals surface area contributed by atoms with Crippen LogP contribution in [-0.2, 0) is 16.0 Å². The Kier molecular flexibility index (Phi) is 5.28. The van der Waals surface area contributed by atoms with Crippen LogP contribution in [0.15, 0.2) is 28.7 Å². The van der Waals surface area contributed by atoms with Crippen molar-refractivity contribution in [2.24, 2.45) is 0 Å². The smallest absolute Gasteiger partial charge is 0.293 e. The van der Waals surface area contributed by atoms with Gasteiger partial charge in [0.05, 0.1) is 11.6 Å². The van der Waals surface area contributed by atoms with Gasteiger partial charge < -0.3 is 9.15 Å². The number of aryl methyl sites for hydroxylation is 1. The average Bonchev–Trinajstić information content (AvgIpc) is 2.82. The van der Waals surface area contributed by atoms with Gasteiger partial charge >= 0.3 is 0 Å². The molecule has 1 aromatic carbocycles. The normalized spacial score (nSPS) is 10.8. The molecule has 0 amide bonds. The van der Waals surface area contributed by atoms with Crippen molar-refractivity contribution in [1.29, 1.82) is 0 Å². The molecule has 0 spiro atoms. The molecule has 3 nitrogen and oxygen atoms in total. The molecule has 0 aliphatic carbocycles. The Morgan fingerprint density at radius 3 is 2.84 bits per heavy atom. The first-order chi connectivity index (χ1) is 9.31. The highest BCUT2D eigenvalue weighted by Gasteiger charge is 2.06. The maximum Gasteiger partial charge on any atom is 0.293 e. The lowest BCUT2D eigenvalue weighted by atomic mass is 10.1. The maximum absolute atomic E-state index is 9.95. The van der Waals surface area contributed by atoms with Crippen molar-refractivity contribution < 1.29 is 13.9 Å². The molecule has 0 bridgehead atoms. The van der Waals surface area contributed by atoms with Gasteiger partial charge in [-0.2, -0.15) is 0 Å². The summed E-state index contributed by atoms with van der Waals surface area (Å²) >= 11 is 6.10. The van der Waals surface area contributed by atoms with E-state index in [1.807, 2.05) is 24.3 Å². The van der Waals surface area contributed by atoms with Crippen LogP contribution in [0.1, 0.15) is 31.4 Å². The van der Waals surface area contributed by atoms with Gasteiger partial charge in [-0.15, -0.1) is 0 Å². The van der Waals surface area contributed by atoms with Crippen LogP contribution >= 0.6 is 11.6 Å². The predicted octanol–water partition coefficient (Wildman–Crippen LogP) is 4.36. The maximum atomic E-state index is 9.95. The van der Waals surface area contributed by atoms with Gasteiger partial charge in [0.25, 0.3) is 6.47 Å². The molecule has 102 valence electrons. The van der Waals surface area contributed by atoms with Crippen LogP contribution in [0.2, 0.25) is 5.02 Å². The molecule has 1 heterocycles. The Morgan fingerprint density at radius 1 is 1.21 bits per heavy atom. The molecule has 4 heteroatoms. The van der Waals surface area contributed by atoms with E-state index in [1.165, 1.54) is 0 Å². The van der Waals surface area contributed by atoms with Crippen LogP contribution in [-0.4, -0.2) is 13.1 Å². The topological polar surface area (TPSA) is 39.4 Å². The highest BCUT2D eigenvalue weighted by atomic mass is 35.5. The molecule has 1 aromatic heterocycles. The van der Waals surface area contributed by atoms with Crippen LogP contribution in [0.4, 0.5) is 0 Å². The van der Waals surface area contributed by atoms with E-state index in [4.69, 9.17) is 16.0 Å². The summed E-state index contributed by atoms with van der Waals surface area (Å²) < 4.78 is 10.4. The van der Waals surface area contributed by atoms with Crippen LogP contribution in [0.5, 0.6) is 0 Å². The van der Waals surface area contributed by atoms with Crippen LogP contribution in [0, 0.1) is 0 Å². The number of carbonyl (C=O) groups is 1. The highest BCUT2D eigenvalue weighted by Crippen LogP contribution is 2.27. The van der Waals surface area contributed by atoms with Crippen molar-refractivity contribution in [3.63, 3.8) is 0 Å². The molecular weight excluding hydrogens is 264 g/mol.